The van der Waals surface area contributed by atoms with Crippen LogP contribution in [0.3, 0.4) is 0 Å². The summed E-state index contributed by atoms with van der Waals surface area (Å²) >= 11 is 0. The molecule has 0 aromatic carbocycles. The van der Waals surface area contributed by atoms with Crippen molar-refractivity contribution in [2.24, 2.45) is 0 Å². The molecule has 0 aliphatic rings. The van der Waals surface area contributed by atoms with Gasteiger partial charge >= 0.3 is 0 Å². The summed E-state index contributed by atoms with van der Waals surface area (Å²) in [4.78, 5) is 0. The molecule has 0 saturated carbocycles. The van der Waals surface area contributed by atoms with Crippen LogP contribution in [-0.2, 0) is 18.9 Å². The van der Waals surface area contributed by atoms with Crippen molar-refractivity contribution in [3.63, 3.8) is 0 Å². The maximum atomic E-state index is 5.30. The fourth-order valence-corrected chi connectivity index (χ4v) is 0.887. The van der Waals surface area contributed by atoms with Crippen LogP contribution in [0.25, 0.3) is 0 Å². The second kappa shape index (κ2) is 8.90. The number of hydrogen-bond acceptors (Lipinski definition) is 4. The highest BCUT2D eigenvalue weighted by Gasteiger charge is 2.16. The van der Waals surface area contributed by atoms with E-state index in [0.29, 0.717) is 0 Å². The van der Waals surface area contributed by atoms with E-state index in [0.717, 1.165) is 0 Å². The Balaban J connectivity index is 4.00. The largest absolute Gasteiger partial charge is 0.359 e. The zero-order chi connectivity index (χ0) is 10.8. The van der Waals surface area contributed by atoms with Crippen LogP contribution in [-0.4, -0.2) is 40.0 Å². The fraction of sp³-hybridized carbons (Fsp3) is 0.600. The summed E-state index contributed by atoms with van der Waals surface area (Å²) in [5.41, 5.74) is 0. The van der Waals surface area contributed by atoms with E-state index in [1.165, 1.54) is 0 Å². The molecule has 2 atom stereocenters. The lowest BCUT2D eigenvalue weighted by molar-refractivity contribution is -0.128. The van der Waals surface area contributed by atoms with E-state index in [-0.39, 0.29) is 25.8 Å². The van der Waals surface area contributed by atoms with Gasteiger partial charge in [-0.15, -0.1) is 13.2 Å². The van der Waals surface area contributed by atoms with Gasteiger partial charge in [0, 0.05) is 14.2 Å². The lowest BCUT2D eigenvalue weighted by atomic mass is 10.2. The molecule has 0 spiro atoms. The Bertz CT molecular complexity index is 140. The summed E-state index contributed by atoms with van der Waals surface area (Å²) in [6.07, 6.45) is 2.73. The van der Waals surface area contributed by atoms with E-state index in [1.54, 1.807) is 26.4 Å². The van der Waals surface area contributed by atoms with Gasteiger partial charge in [-0.2, -0.15) is 0 Å². The topological polar surface area (TPSA) is 36.9 Å². The molecule has 0 radical (unpaired) electrons. The molecule has 4 nitrogen and oxygen atoms in total. The molecule has 14 heavy (non-hydrogen) atoms. The van der Waals surface area contributed by atoms with Crippen LogP contribution in [0.2, 0.25) is 0 Å². The highest BCUT2D eigenvalue weighted by Crippen LogP contribution is 2.07. The molecule has 0 aromatic heterocycles. The molecule has 4 heteroatoms. The van der Waals surface area contributed by atoms with Gasteiger partial charge < -0.3 is 18.9 Å². The van der Waals surface area contributed by atoms with Crippen LogP contribution in [0, 0.1) is 0 Å². The predicted molar refractivity (Wildman–Crippen MR) is 53.9 cm³/mol. The van der Waals surface area contributed by atoms with E-state index < -0.39 is 0 Å². The Labute approximate surface area is 85.1 Å². The summed E-state index contributed by atoms with van der Waals surface area (Å²) in [5.74, 6) is 0. The Morgan fingerprint density at radius 3 is 1.50 bits per heavy atom. The maximum absolute atomic E-state index is 5.30. The van der Waals surface area contributed by atoms with Gasteiger partial charge in [-0.3, -0.25) is 0 Å². The summed E-state index contributed by atoms with van der Waals surface area (Å²) < 4.78 is 20.2. The molecule has 82 valence electrons. The van der Waals surface area contributed by atoms with Crippen LogP contribution in [0.4, 0.5) is 0 Å². The smallest absolute Gasteiger partial charge is 0.147 e. The van der Waals surface area contributed by atoms with Gasteiger partial charge in [0.1, 0.15) is 25.8 Å². The van der Waals surface area contributed by atoms with Gasteiger partial charge in [-0.1, -0.05) is 12.2 Å². The summed E-state index contributed by atoms with van der Waals surface area (Å²) in [5, 5.41) is 0. The van der Waals surface area contributed by atoms with Gasteiger partial charge in [-0.25, -0.2) is 0 Å². The van der Waals surface area contributed by atoms with Crippen molar-refractivity contribution in [3.05, 3.63) is 25.3 Å². The molecule has 0 fully saturated rings. The Kier molecular flexibility index (Phi) is 8.47. The SMILES string of the molecule is C=C[C@@H](OCOC)[C@@H](C=C)OCOC. The van der Waals surface area contributed by atoms with E-state index >= 15 is 0 Å². The van der Waals surface area contributed by atoms with Crippen molar-refractivity contribution in [1.29, 1.82) is 0 Å². The van der Waals surface area contributed by atoms with Crippen molar-refractivity contribution in [3.8, 4) is 0 Å². The van der Waals surface area contributed by atoms with Gasteiger partial charge in [0.25, 0.3) is 0 Å². The Morgan fingerprint density at radius 2 is 1.29 bits per heavy atom. The minimum atomic E-state index is -0.275. The zero-order valence-corrected chi connectivity index (χ0v) is 8.77. The third-order valence-electron chi connectivity index (χ3n) is 1.55. The predicted octanol–water partition coefficient (Wildman–Crippen LogP) is 1.34. The normalized spacial score (nSPS) is 14.7. The lowest BCUT2D eigenvalue weighted by Gasteiger charge is -2.21. The maximum Gasteiger partial charge on any atom is 0.147 e. The van der Waals surface area contributed by atoms with Crippen molar-refractivity contribution in [2.75, 3.05) is 27.8 Å². The van der Waals surface area contributed by atoms with Gasteiger partial charge in [-0.05, 0) is 0 Å². The Morgan fingerprint density at radius 1 is 0.929 bits per heavy atom. The summed E-state index contributed by atoms with van der Waals surface area (Å²) in [6.45, 7) is 7.67. The molecule has 0 amide bonds. The van der Waals surface area contributed by atoms with Crippen LogP contribution >= 0.6 is 0 Å². The second-order valence-corrected chi connectivity index (χ2v) is 2.55. The average Bonchev–Trinajstić information content (AvgIpc) is 2.23. The first-order valence-electron chi connectivity index (χ1n) is 4.26. The van der Waals surface area contributed by atoms with Crippen molar-refractivity contribution < 1.29 is 18.9 Å². The van der Waals surface area contributed by atoms with Crippen molar-refractivity contribution in [1.82, 2.24) is 0 Å². The molecule has 0 aliphatic carbocycles. The van der Waals surface area contributed by atoms with Crippen LogP contribution in [0.5, 0.6) is 0 Å². The van der Waals surface area contributed by atoms with Crippen LogP contribution in [0.15, 0.2) is 25.3 Å². The molecule has 0 aliphatic heterocycles. The molecule has 0 aromatic rings. The summed E-state index contributed by atoms with van der Waals surface area (Å²) in [6, 6.07) is 0. The molecule has 0 N–H and O–H groups in total. The van der Waals surface area contributed by atoms with Gasteiger partial charge in [0.05, 0.1) is 0 Å². The molecule has 0 bridgehead atoms. The molecular weight excluding hydrogens is 184 g/mol. The number of ether oxygens (including phenoxy) is 4. The molecule has 0 saturated heterocycles. The highest BCUT2D eigenvalue weighted by atomic mass is 16.7. The van der Waals surface area contributed by atoms with E-state index in [4.69, 9.17) is 18.9 Å². The first kappa shape index (κ1) is 13.3. The van der Waals surface area contributed by atoms with Gasteiger partial charge in [0.15, 0.2) is 0 Å². The van der Waals surface area contributed by atoms with E-state index in [9.17, 15) is 0 Å². The second-order valence-electron chi connectivity index (χ2n) is 2.55. The quantitative estimate of drug-likeness (QED) is 0.417. The van der Waals surface area contributed by atoms with Crippen LogP contribution < -0.4 is 0 Å². The first-order valence-corrected chi connectivity index (χ1v) is 4.26. The molecule has 0 heterocycles. The number of rotatable bonds is 9. The monoisotopic (exact) mass is 202 g/mol. The zero-order valence-electron chi connectivity index (χ0n) is 8.77. The molecular formula is C10H18O4. The standard InChI is InChI=1S/C10H18O4/c1-5-9(13-7-11-3)10(6-2)14-8-12-4/h5-6,9-10H,1-2,7-8H2,3-4H3/t9-,10-/m1/s1. The highest BCUT2D eigenvalue weighted by molar-refractivity contribution is 4.95. The summed E-state index contributed by atoms with van der Waals surface area (Å²) in [7, 11) is 3.11. The van der Waals surface area contributed by atoms with Gasteiger partial charge in [0.2, 0.25) is 0 Å². The average molecular weight is 202 g/mol. The molecule has 0 unspecified atom stereocenters. The third kappa shape index (κ3) is 5.14. The van der Waals surface area contributed by atoms with E-state index in [1.807, 2.05) is 0 Å². The fourth-order valence-electron chi connectivity index (χ4n) is 0.887. The third-order valence-corrected chi connectivity index (χ3v) is 1.55. The number of hydrogen-bond donors (Lipinski definition) is 0. The number of methoxy groups -OCH3 is 2. The van der Waals surface area contributed by atoms with E-state index in [2.05, 4.69) is 13.2 Å². The molecule has 0 rings (SSSR count). The minimum absolute atomic E-state index is 0.192. The Hall–Kier alpha value is -0.680. The van der Waals surface area contributed by atoms with Crippen LogP contribution in [0.1, 0.15) is 0 Å². The van der Waals surface area contributed by atoms with Crippen molar-refractivity contribution in [2.45, 2.75) is 12.2 Å². The van der Waals surface area contributed by atoms with Crippen molar-refractivity contribution >= 4 is 0 Å². The minimum Gasteiger partial charge on any atom is -0.359 e. The first-order chi connectivity index (χ1) is 6.79. The lowest BCUT2D eigenvalue weighted by Crippen LogP contribution is -2.29.